The molecule has 8 heavy (non-hydrogen) atoms. The van der Waals surface area contributed by atoms with Crippen molar-refractivity contribution in [1.29, 1.82) is 0 Å². The van der Waals surface area contributed by atoms with Gasteiger partial charge in [0.25, 0.3) is 0 Å². The number of nitrogens with one attached hydrogen (secondary N) is 1. The van der Waals surface area contributed by atoms with Crippen molar-refractivity contribution in [2.75, 3.05) is 13.1 Å². The van der Waals surface area contributed by atoms with Gasteiger partial charge in [0.1, 0.15) is 0 Å². The van der Waals surface area contributed by atoms with Gasteiger partial charge in [0, 0.05) is 13.1 Å². The van der Waals surface area contributed by atoms with Crippen molar-refractivity contribution < 1.29 is 0 Å². The third-order valence-corrected chi connectivity index (χ3v) is 1.39. The number of hydrogen-bond acceptors (Lipinski definition) is 3. The van der Waals surface area contributed by atoms with Crippen LogP contribution in [-0.4, -0.2) is 23.8 Å². The van der Waals surface area contributed by atoms with Crippen molar-refractivity contribution >= 4 is 0 Å². The number of hydrogen-bond donors (Lipinski definition) is 2. The lowest BCUT2D eigenvalue weighted by Crippen LogP contribution is -2.17. The van der Waals surface area contributed by atoms with Crippen LogP contribution in [0, 0.1) is 0 Å². The van der Waals surface area contributed by atoms with Crippen LogP contribution in [0.3, 0.4) is 0 Å². The maximum absolute atomic E-state index is 5.31. The van der Waals surface area contributed by atoms with Gasteiger partial charge in [-0.15, -0.1) is 0 Å². The second-order valence-corrected chi connectivity index (χ2v) is 2.61. The molecule has 0 saturated carbocycles. The van der Waals surface area contributed by atoms with Crippen LogP contribution in [0.1, 0.15) is 13.8 Å². The van der Waals surface area contributed by atoms with Crippen molar-refractivity contribution in [3.8, 4) is 0 Å². The van der Waals surface area contributed by atoms with E-state index in [2.05, 4.69) is 24.3 Å². The summed E-state index contributed by atoms with van der Waals surface area (Å²) in [7, 11) is 0. The minimum absolute atomic E-state index is 0.222. The molecule has 0 aliphatic carbocycles. The third kappa shape index (κ3) is 0.992. The smallest absolute Gasteiger partial charge is 0.0918 e. The Balaban J connectivity index is 2.17. The standard InChI is InChI=1S/C5H13N3/c1-5(2)7-8(5)4-3-6/h7H,3-4,6H2,1-2H3. The van der Waals surface area contributed by atoms with Gasteiger partial charge < -0.3 is 5.73 Å². The molecule has 3 nitrogen and oxygen atoms in total. The van der Waals surface area contributed by atoms with Crippen LogP contribution in [0.25, 0.3) is 0 Å². The molecule has 3 heteroatoms. The molecule has 1 rings (SSSR count). The quantitative estimate of drug-likeness (QED) is 0.477. The summed E-state index contributed by atoms with van der Waals surface area (Å²) in [6.07, 6.45) is 0. The number of nitrogens with zero attached hydrogens (tertiary/aromatic N) is 1. The summed E-state index contributed by atoms with van der Waals surface area (Å²) in [5.74, 6) is 0. The van der Waals surface area contributed by atoms with Crippen LogP contribution in [0.15, 0.2) is 0 Å². The van der Waals surface area contributed by atoms with Gasteiger partial charge in [0.2, 0.25) is 0 Å². The zero-order chi connectivity index (χ0) is 6.20. The topological polar surface area (TPSA) is 51.0 Å². The summed E-state index contributed by atoms with van der Waals surface area (Å²) in [4.78, 5) is 0. The first-order valence-corrected chi connectivity index (χ1v) is 2.92. The van der Waals surface area contributed by atoms with Crippen LogP contribution < -0.4 is 11.2 Å². The summed E-state index contributed by atoms with van der Waals surface area (Å²) in [6, 6.07) is 0. The minimum Gasteiger partial charge on any atom is -0.329 e. The van der Waals surface area contributed by atoms with Gasteiger partial charge >= 0.3 is 0 Å². The predicted octanol–water partition coefficient (Wildman–Crippen LogP) is -0.499. The summed E-state index contributed by atoms with van der Waals surface area (Å²) in [6.45, 7) is 5.94. The van der Waals surface area contributed by atoms with Crippen molar-refractivity contribution in [2.24, 2.45) is 5.73 Å². The van der Waals surface area contributed by atoms with E-state index in [-0.39, 0.29) is 5.66 Å². The molecule has 1 heterocycles. The second kappa shape index (κ2) is 1.69. The largest absolute Gasteiger partial charge is 0.329 e. The van der Waals surface area contributed by atoms with Gasteiger partial charge in [-0.2, -0.15) is 0 Å². The number of rotatable bonds is 2. The Hall–Kier alpha value is -0.120. The molecular formula is C5H13N3. The maximum atomic E-state index is 5.31. The lowest BCUT2D eigenvalue weighted by atomic mass is 10.3. The molecule has 0 aromatic rings. The molecule has 1 aliphatic rings. The Morgan fingerprint density at radius 2 is 2.12 bits per heavy atom. The Morgan fingerprint density at radius 3 is 2.25 bits per heavy atom. The van der Waals surface area contributed by atoms with E-state index >= 15 is 0 Å². The van der Waals surface area contributed by atoms with Crippen molar-refractivity contribution in [2.45, 2.75) is 19.5 Å². The number of hydrazine groups is 1. The fraction of sp³-hybridized carbons (Fsp3) is 1.00. The van der Waals surface area contributed by atoms with E-state index in [1.165, 1.54) is 0 Å². The van der Waals surface area contributed by atoms with Gasteiger partial charge in [-0.3, -0.25) is 0 Å². The van der Waals surface area contributed by atoms with E-state index in [9.17, 15) is 0 Å². The van der Waals surface area contributed by atoms with E-state index in [0.29, 0.717) is 0 Å². The first kappa shape index (κ1) is 6.01. The Morgan fingerprint density at radius 1 is 1.62 bits per heavy atom. The summed E-state index contributed by atoms with van der Waals surface area (Å²) < 4.78 is 0. The first-order valence-electron chi connectivity index (χ1n) is 2.92. The second-order valence-electron chi connectivity index (χ2n) is 2.61. The molecule has 0 aromatic carbocycles. The van der Waals surface area contributed by atoms with Gasteiger partial charge in [-0.05, 0) is 13.8 Å². The average Bonchev–Trinajstić information content (AvgIpc) is 2.15. The SMILES string of the molecule is CC1(C)NN1CCN. The van der Waals surface area contributed by atoms with Crippen molar-refractivity contribution in [1.82, 2.24) is 10.4 Å². The lowest BCUT2D eigenvalue weighted by molar-refractivity contribution is 0.445. The average molecular weight is 115 g/mol. The Labute approximate surface area is 49.8 Å². The molecule has 1 aliphatic heterocycles. The third-order valence-electron chi connectivity index (χ3n) is 1.39. The lowest BCUT2D eigenvalue weighted by Gasteiger charge is -1.97. The summed E-state index contributed by atoms with van der Waals surface area (Å²) in [5.41, 5.74) is 8.69. The highest BCUT2D eigenvalue weighted by atomic mass is 15.8. The summed E-state index contributed by atoms with van der Waals surface area (Å²) >= 11 is 0. The highest BCUT2D eigenvalue weighted by Gasteiger charge is 2.41. The van der Waals surface area contributed by atoms with E-state index in [0.717, 1.165) is 13.1 Å². The summed E-state index contributed by atoms with van der Waals surface area (Å²) in [5, 5.41) is 2.12. The van der Waals surface area contributed by atoms with Crippen molar-refractivity contribution in [3.05, 3.63) is 0 Å². The van der Waals surface area contributed by atoms with E-state index in [1.807, 2.05) is 0 Å². The van der Waals surface area contributed by atoms with Crippen molar-refractivity contribution in [3.63, 3.8) is 0 Å². The fourth-order valence-corrected chi connectivity index (χ4v) is 0.770. The molecule has 0 spiro atoms. The molecule has 1 fully saturated rings. The highest BCUT2D eigenvalue weighted by Crippen LogP contribution is 2.20. The van der Waals surface area contributed by atoms with Gasteiger partial charge in [-0.1, -0.05) is 0 Å². The highest BCUT2D eigenvalue weighted by molar-refractivity contribution is 4.88. The Bertz CT molecular complexity index is 89.7. The minimum atomic E-state index is 0.222. The first-order chi connectivity index (χ1) is 3.67. The molecule has 1 unspecified atom stereocenters. The zero-order valence-corrected chi connectivity index (χ0v) is 5.44. The Kier molecular flexibility index (Phi) is 1.27. The van der Waals surface area contributed by atoms with Crippen LogP contribution in [0.5, 0.6) is 0 Å². The number of nitrogens with two attached hydrogens (primary N) is 1. The van der Waals surface area contributed by atoms with Gasteiger partial charge in [0.05, 0.1) is 5.66 Å². The van der Waals surface area contributed by atoms with E-state index in [4.69, 9.17) is 5.73 Å². The molecule has 0 radical (unpaired) electrons. The van der Waals surface area contributed by atoms with Crippen LogP contribution >= 0.6 is 0 Å². The molecule has 1 atom stereocenters. The molecular weight excluding hydrogens is 102 g/mol. The molecule has 0 aromatic heterocycles. The monoisotopic (exact) mass is 115 g/mol. The molecule has 0 bridgehead atoms. The molecule has 0 amide bonds. The molecule has 1 saturated heterocycles. The van der Waals surface area contributed by atoms with E-state index in [1.54, 1.807) is 0 Å². The fourth-order valence-electron chi connectivity index (χ4n) is 0.770. The van der Waals surface area contributed by atoms with Crippen LogP contribution in [-0.2, 0) is 0 Å². The zero-order valence-electron chi connectivity index (χ0n) is 5.44. The van der Waals surface area contributed by atoms with Gasteiger partial charge in [-0.25, -0.2) is 10.4 Å². The van der Waals surface area contributed by atoms with Gasteiger partial charge in [0.15, 0.2) is 0 Å². The predicted molar refractivity (Wildman–Crippen MR) is 33.0 cm³/mol. The molecule has 48 valence electrons. The maximum Gasteiger partial charge on any atom is 0.0918 e. The molecule has 3 N–H and O–H groups in total. The van der Waals surface area contributed by atoms with Crippen LogP contribution in [0.4, 0.5) is 0 Å². The van der Waals surface area contributed by atoms with E-state index < -0.39 is 0 Å². The normalized spacial score (nSPS) is 32.6. The van der Waals surface area contributed by atoms with Crippen LogP contribution in [0.2, 0.25) is 0 Å².